The monoisotopic (exact) mass is 363 g/mol. The summed E-state index contributed by atoms with van der Waals surface area (Å²) in [5, 5.41) is 8.09. The summed E-state index contributed by atoms with van der Waals surface area (Å²) in [6, 6.07) is 4.47. The van der Waals surface area contributed by atoms with E-state index in [1.54, 1.807) is 4.31 Å². The number of hydrogen-bond acceptors (Lipinski definition) is 5. The van der Waals surface area contributed by atoms with Crippen molar-refractivity contribution < 1.29 is 8.42 Å². The van der Waals surface area contributed by atoms with Crippen LogP contribution in [0.1, 0.15) is 50.1 Å². The lowest BCUT2D eigenvalue weighted by molar-refractivity contribution is 0.331. The fraction of sp³-hybridized carbons (Fsp3) is 0.647. The number of nitrogens with one attached hydrogen (secondary N) is 1. The summed E-state index contributed by atoms with van der Waals surface area (Å²) in [4.78, 5) is 4.43. The topological polar surface area (TPSA) is 79.6 Å². The van der Waals surface area contributed by atoms with Crippen LogP contribution in [0, 0.1) is 0 Å². The molecule has 1 saturated heterocycles. The Labute approximate surface area is 148 Å². The van der Waals surface area contributed by atoms with Gasteiger partial charge in [0.2, 0.25) is 16.0 Å². The Morgan fingerprint density at radius 1 is 1.12 bits per heavy atom. The number of hydrogen-bond donors (Lipinski definition) is 1. The second-order valence-electron chi connectivity index (χ2n) is 7.24. The minimum atomic E-state index is -3.09. The maximum absolute atomic E-state index is 11.6. The van der Waals surface area contributed by atoms with Crippen LogP contribution in [0.5, 0.6) is 0 Å². The van der Waals surface area contributed by atoms with E-state index < -0.39 is 10.0 Å². The maximum atomic E-state index is 11.6. The first-order valence-corrected chi connectivity index (χ1v) is 10.9. The molecule has 0 unspecified atom stereocenters. The highest BCUT2D eigenvalue weighted by atomic mass is 32.2. The van der Waals surface area contributed by atoms with Crippen LogP contribution >= 0.6 is 0 Å². The molecule has 0 aromatic carbocycles. The number of rotatable bonds is 4. The minimum absolute atomic E-state index is 0.209. The van der Waals surface area contributed by atoms with Crippen LogP contribution in [-0.2, 0) is 10.0 Å². The summed E-state index contributed by atoms with van der Waals surface area (Å²) >= 11 is 0. The molecule has 1 N–H and O–H groups in total. The Kier molecular flexibility index (Phi) is 4.41. The van der Waals surface area contributed by atoms with E-state index in [-0.39, 0.29) is 6.04 Å². The summed E-state index contributed by atoms with van der Waals surface area (Å²) in [6.07, 6.45) is 9.75. The van der Waals surface area contributed by atoms with Crippen LogP contribution in [-0.4, -0.2) is 52.7 Å². The lowest BCUT2D eigenvalue weighted by atomic mass is 10.1. The molecule has 2 aromatic rings. The van der Waals surface area contributed by atoms with Crippen LogP contribution in [0.25, 0.3) is 5.52 Å². The Bertz CT molecular complexity index is 849. The fourth-order valence-corrected chi connectivity index (χ4v) is 4.91. The molecule has 1 aliphatic carbocycles. The van der Waals surface area contributed by atoms with Crippen LogP contribution in [0.3, 0.4) is 0 Å². The molecule has 25 heavy (non-hydrogen) atoms. The standard InChI is InChI=1S/C17H25N5O2S/c1-25(23,24)21-10-8-14(9-11-21)19-17-18-12-15-6-7-16(22(15)20-17)13-4-2-3-5-13/h6-7,12-14H,2-5,8-11H2,1H3,(H,19,20). The second-order valence-corrected chi connectivity index (χ2v) is 9.22. The van der Waals surface area contributed by atoms with Gasteiger partial charge in [0, 0.05) is 30.7 Å². The molecule has 8 heteroatoms. The highest BCUT2D eigenvalue weighted by Gasteiger charge is 2.25. The number of anilines is 1. The molecule has 4 rings (SSSR count). The molecule has 1 saturated carbocycles. The smallest absolute Gasteiger partial charge is 0.241 e. The maximum Gasteiger partial charge on any atom is 0.241 e. The van der Waals surface area contributed by atoms with Crippen LogP contribution in [0.4, 0.5) is 5.95 Å². The van der Waals surface area contributed by atoms with Crippen molar-refractivity contribution in [1.82, 2.24) is 18.9 Å². The zero-order valence-electron chi connectivity index (χ0n) is 14.6. The van der Waals surface area contributed by atoms with E-state index in [4.69, 9.17) is 5.10 Å². The zero-order valence-corrected chi connectivity index (χ0v) is 15.4. The second kappa shape index (κ2) is 6.57. The average molecular weight is 363 g/mol. The first-order chi connectivity index (χ1) is 12.0. The average Bonchev–Trinajstić information content (AvgIpc) is 3.23. The summed E-state index contributed by atoms with van der Waals surface area (Å²) in [5.74, 6) is 1.23. The van der Waals surface area contributed by atoms with Gasteiger partial charge in [0.25, 0.3) is 0 Å². The molecule has 0 spiro atoms. The largest absolute Gasteiger partial charge is 0.350 e. The van der Waals surface area contributed by atoms with Crippen molar-refractivity contribution in [3.8, 4) is 0 Å². The van der Waals surface area contributed by atoms with Gasteiger partial charge in [-0.1, -0.05) is 12.8 Å². The van der Waals surface area contributed by atoms with Gasteiger partial charge in [0.1, 0.15) is 0 Å². The summed E-state index contributed by atoms with van der Waals surface area (Å²) in [5.41, 5.74) is 2.31. The van der Waals surface area contributed by atoms with Crippen molar-refractivity contribution in [1.29, 1.82) is 0 Å². The number of fused-ring (bicyclic) bond motifs is 1. The van der Waals surface area contributed by atoms with E-state index in [1.165, 1.54) is 37.6 Å². The zero-order chi connectivity index (χ0) is 17.4. The van der Waals surface area contributed by atoms with Gasteiger partial charge < -0.3 is 5.32 Å². The molecule has 136 valence electrons. The fourth-order valence-electron chi connectivity index (χ4n) is 4.03. The molecule has 3 heterocycles. The van der Waals surface area contributed by atoms with Gasteiger partial charge in [0.05, 0.1) is 18.0 Å². The molecule has 2 aliphatic rings. The normalized spacial score (nSPS) is 21.2. The highest BCUT2D eigenvalue weighted by Crippen LogP contribution is 2.34. The number of sulfonamides is 1. The molecule has 7 nitrogen and oxygen atoms in total. The van der Waals surface area contributed by atoms with Crippen molar-refractivity contribution in [3.05, 3.63) is 24.0 Å². The molecule has 2 fully saturated rings. The summed E-state index contributed by atoms with van der Waals surface area (Å²) in [7, 11) is -3.09. The van der Waals surface area contributed by atoms with Crippen LogP contribution in [0.2, 0.25) is 0 Å². The van der Waals surface area contributed by atoms with Gasteiger partial charge in [-0.25, -0.2) is 22.2 Å². The van der Waals surface area contributed by atoms with E-state index in [0.29, 0.717) is 25.0 Å². The summed E-state index contributed by atoms with van der Waals surface area (Å²) in [6.45, 7) is 1.10. The molecule has 1 aliphatic heterocycles. The van der Waals surface area contributed by atoms with Crippen molar-refractivity contribution >= 4 is 21.5 Å². The molecule has 0 bridgehead atoms. The minimum Gasteiger partial charge on any atom is -0.350 e. The van der Waals surface area contributed by atoms with Gasteiger partial charge >= 0.3 is 0 Å². The predicted molar refractivity (Wildman–Crippen MR) is 97.3 cm³/mol. The SMILES string of the molecule is CS(=O)(=O)N1CCC(Nc2ncc3ccc(C4CCCC4)n3n2)CC1. The number of aromatic nitrogens is 3. The Balaban J connectivity index is 1.48. The first kappa shape index (κ1) is 16.8. The highest BCUT2D eigenvalue weighted by molar-refractivity contribution is 7.88. The van der Waals surface area contributed by atoms with E-state index in [1.807, 2.05) is 10.7 Å². The Morgan fingerprint density at radius 2 is 1.84 bits per heavy atom. The predicted octanol–water partition coefficient (Wildman–Crippen LogP) is 2.22. The number of nitrogens with zero attached hydrogens (tertiary/aromatic N) is 4. The molecule has 2 aromatic heterocycles. The lowest BCUT2D eigenvalue weighted by Crippen LogP contribution is -2.42. The van der Waals surface area contributed by atoms with Crippen molar-refractivity contribution in [3.63, 3.8) is 0 Å². The van der Waals surface area contributed by atoms with Gasteiger partial charge in [-0.3, -0.25) is 0 Å². The first-order valence-electron chi connectivity index (χ1n) is 9.07. The van der Waals surface area contributed by atoms with E-state index in [0.717, 1.165) is 18.4 Å². The number of piperidine rings is 1. The van der Waals surface area contributed by atoms with Gasteiger partial charge in [-0.05, 0) is 37.8 Å². The quantitative estimate of drug-likeness (QED) is 0.901. The molecule has 0 radical (unpaired) electrons. The lowest BCUT2D eigenvalue weighted by Gasteiger charge is -2.30. The van der Waals surface area contributed by atoms with Gasteiger partial charge in [-0.15, -0.1) is 5.10 Å². The van der Waals surface area contributed by atoms with E-state index in [9.17, 15) is 8.42 Å². The van der Waals surface area contributed by atoms with Crippen LogP contribution < -0.4 is 5.32 Å². The van der Waals surface area contributed by atoms with Gasteiger partial charge in [-0.2, -0.15) is 0 Å². The molecular formula is C17H25N5O2S. The summed E-state index contributed by atoms with van der Waals surface area (Å²) < 4.78 is 26.8. The van der Waals surface area contributed by atoms with Crippen molar-refractivity contribution in [2.24, 2.45) is 0 Å². The third kappa shape index (κ3) is 3.50. The molecular weight excluding hydrogens is 338 g/mol. The Morgan fingerprint density at radius 3 is 2.52 bits per heavy atom. The van der Waals surface area contributed by atoms with Crippen molar-refractivity contribution in [2.75, 3.05) is 24.7 Å². The van der Waals surface area contributed by atoms with Gasteiger partial charge in [0.15, 0.2) is 0 Å². The van der Waals surface area contributed by atoms with Crippen LogP contribution in [0.15, 0.2) is 18.3 Å². The molecule has 0 atom stereocenters. The van der Waals surface area contributed by atoms with E-state index in [2.05, 4.69) is 22.4 Å². The van der Waals surface area contributed by atoms with Crippen molar-refractivity contribution in [2.45, 2.75) is 50.5 Å². The third-order valence-corrected chi connectivity index (χ3v) is 6.76. The van der Waals surface area contributed by atoms with E-state index >= 15 is 0 Å². The third-order valence-electron chi connectivity index (χ3n) is 5.46. The molecule has 0 amide bonds. The Hall–Kier alpha value is -1.67.